The van der Waals surface area contributed by atoms with Crippen molar-refractivity contribution in [2.24, 2.45) is 28.1 Å². The number of rotatable bonds is 2. The number of hydrogen-bond acceptors (Lipinski definition) is 3. The molecule has 0 aromatic heterocycles. The molecule has 0 heterocycles. The third-order valence-corrected chi connectivity index (χ3v) is 7.75. The molecule has 0 amide bonds. The van der Waals surface area contributed by atoms with Crippen molar-refractivity contribution in [1.82, 2.24) is 0 Å². The largest absolute Gasteiger partial charge is 0.462 e. The molecule has 3 rings (SSSR count). The molecule has 3 nitrogen and oxygen atoms in total. The lowest BCUT2D eigenvalue weighted by Gasteiger charge is -2.47. The molecule has 1 spiro atoms. The van der Waals surface area contributed by atoms with Gasteiger partial charge in [-0.25, -0.2) is 0 Å². The molecule has 3 heteroatoms. The first kappa shape index (κ1) is 15.3. The second-order valence-corrected chi connectivity index (χ2v) is 8.53. The van der Waals surface area contributed by atoms with E-state index in [-0.39, 0.29) is 34.4 Å². The Morgan fingerprint density at radius 1 is 1.24 bits per heavy atom. The van der Waals surface area contributed by atoms with E-state index in [1.165, 1.54) is 19.8 Å². The highest BCUT2D eigenvalue weighted by atomic mass is 16.5. The molecule has 3 aliphatic carbocycles. The zero-order valence-electron chi connectivity index (χ0n) is 14.1. The molecule has 6 atom stereocenters. The SMILES string of the molecule is CC(=O)O[C@H]1C[C@]2(C)[C@@H](C(C)C)CC[C@@]23CC[C@@H](O)[C@@]13C. The van der Waals surface area contributed by atoms with Crippen molar-refractivity contribution >= 4 is 5.97 Å². The van der Waals surface area contributed by atoms with E-state index in [2.05, 4.69) is 27.7 Å². The minimum absolute atomic E-state index is 0.126. The fourth-order valence-corrected chi connectivity index (χ4v) is 6.83. The van der Waals surface area contributed by atoms with E-state index < -0.39 is 0 Å². The standard InChI is InChI=1S/C18H30O3/c1-11(2)13-6-8-18-9-7-14(20)17(18,5)15(21-12(3)19)10-16(13,18)4/h11,13-15,20H,6-10H2,1-5H3/t13-,14-,15+,16-,17+,18-/m1/s1. The molecule has 0 unspecified atom stereocenters. The Bertz CT molecular complexity index is 459. The van der Waals surface area contributed by atoms with Gasteiger partial charge >= 0.3 is 5.97 Å². The Balaban J connectivity index is 2.07. The van der Waals surface area contributed by atoms with Crippen molar-refractivity contribution in [1.29, 1.82) is 0 Å². The van der Waals surface area contributed by atoms with Crippen LogP contribution in [0.1, 0.15) is 66.7 Å². The van der Waals surface area contributed by atoms with Crippen LogP contribution in [0, 0.1) is 28.1 Å². The van der Waals surface area contributed by atoms with Crippen molar-refractivity contribution in [3.8, 4) is 0 Å². The quantitative estimate of drug-likeness (QED) is 0.792. The van der Waals surface area contributed by atoms with Crippen LogP contribution in [0.15, 0.2) is 0 Å². The van der Waals surface area contributed by atoms with Crippen molar-refractivity contribution in [3.63, 3.8) is 0 Å². The van der Waals surface area contributed by atoms with Crippen LogP contribution < -0.4 is 0 Å². The highest BCUT2D eigenvalue weighted by molar-refractivity contribution is 5.66. The Morgan fingerprint density at radius 3 is 2.43 bits per heavy atom. The molecule has 0 aliphatic heterocycles. The number of esters is 1. The third kappa shape index (κ3) is 1.62. The van der Waals surface area contributed by atoms with Gasteiger partial charge in [-0.3, -0.25) is 4.79 Å². The van der Waals surface area contributed by atoms with E-state index in [0.29, 0.717) is 11.8 Å². The average Bonchev–Trinajstić information content (AvgIpc) is 2.86. The number of carbonyl (C=O) groups is 1. The van der Waals surface area contributed by atoms with Crippen molar-refractivity contribution < 1.29 is 14.6 Å². The van der Waals surface area contributed by atoms with E-state index in [4.69, 9.17) is 4.74 Å². The second kappa shape index (κ2) is 4.47. The maximum atomic E-state index is 11.6. The van der Waals surface area contributed by atoms with Gasteiger partial charge in [0.15, 0.2) is 0 Å². The number of hydrogen-bond donors (Lipinski definition) is 1. The summed E-state index contributed by atoms with van der Waals surface area (Å²) >= 11 is 0. The molecule has 0 aromatic carbocycles. The maximum Gasteiger partial charge on any atom is 0.302 e. The fourth-order valence-electron chi connectivity index (χ4n) is 6.83. The molecule has 1 N–H and O–H groups in total. The molecule has 0 saturated heterocycles. The van der Waals surface area contributed by atoms with Gasteiger partial charge in [0, 0.05) is 12.3 Å². The summed E-state index contributed by atoms with van der Waals surface area (Å²) in [5.74, 6) is 1.11. The van der Waals surface area contributed by atoms with Crippen LogP contribution in [0.5, 0.6) is 0 Å². The fraction of sp³-hybridized carbons (Fsp3) is 0.944. The molecular weight excluding hydrogens is 264 g/mol. The minimum atomic E-state index is -0.338. The monoisotopic (exact) mass is 294 g/mol. The van der Waals surface area contributed by atoms with Gasteiger partial charge < -0.3 is 9.84 Å². The number of aliphatic hydroxyl groups excluding tert-OH is 1. The zero-order chi connectivity index (χ0) is 15.6. The van der Waals surface area contributed by atoms with Crippen LogP contribution in [-0.2, 0) is 9.53 Å². The Kier molecular flexibility index (Phi) is 3.26. The summed E-state index contributed by atoms with van der Waals surface area (Å²) in [4.78, 5) is 11.6. The lowest BCUT2D eigenvalue weighted by molar-refractivity contribution is -0.159. The number of aliphatic hydroxyl groups is 1. The Hall–Kier alpha value is -0.570. The normalized spacial score (nSPS) is 52.0. The van der Waals surface area contributed by atoms with Gasteiger partial charge in [-0.1, -0.05) is 27.7 Å². The van der Waals surface area contributed by atoms with Crippen molar-refractivity contribution in [2.75, 3.05) is 0 Å². The predicted octanol–water partition coefficient (Wildman–Crippen LogP) is 3.54. The van der Waals surface area contributed by atoms with Gasteiger partial charge in [-0.05, 0) is 54.8 Å². The van der Waals surface area contributed by atoms with E-state index in [0.717, 1.165) is 19.3 Å². The van der Waals surface area contributed by atoms with E-state index in [9.17, 15) is 9.90 Å². The van der Waals surface area contributed by atoms with Gasteiger partial charge in [0.1, 0.15) is 6.10 Å². The molecule has 0 radical (unpaired) electrons. The van der Waals surface area contributed by atoms with Crippen LogP contribution in [0.3, 0.4) is 0 Å². The number of ether oxygens (including phenoxy) is 1. The predicted molar refractivity (Wildman–Crippen MR) is 81.6 cm³/mol. The summed E-state index contributed by atoms with van der Waals surface area (Å²) < 4.78 is 5.72. The summed E-state index contributed by atoms with van der Waals surface area (Å²) in [6.45, 7) is 10.7. The van der Waals surface area contributed by atoms with Crippen molar-refractivity contribution in [2.45, 2.75) is 78.9 Å². The first-order valence-corrected chi connectivity index (χ1v) is 8.54. The van der Waals surface area contributed by atoms with Crippen LogP contribution in [0.4, 0.5) is 0 Å². The van der Waals surface area contributed by atoms with Crippen LogP contribution >= 0.6 is 0 Å². The highest BCUT2D eigenvalue weighted by Crippen LogP contribution is 2.78. The minimum Gasteiger partial charge on any atom is -0.462 e. The van der Waals surface area contributed by atoms with Gasteiger partial charge in [-0.15, -0.1) is 0 Å². The first-order valence-electron chi connectivity index (χ1n) is 8.54. The number of carbonyl (C=O) groups excluding carboxylic acids is 1. The molecular formula is C18H30O3. The Labute approximate surface area is 128 Å². The molecule has 3 saturated carbocycles. The lowest BCUT2D eigenvalue weighted by Crippen LogP contribution is -2.47. The average molecular weight is 294 g/mol. The van der Waals surface area contributed by atoms with Crippen LogP contribution in [0.25, 0.3) is 0 Å². The Morgan fingerprint density at radius 2 is 1.86 bits per heavy atom. The molecule has 3 fully saturated rings. The van der Waals surface area contributed by atoms with E-state index >= 15 is 0 Å². The lowest BCUT2D eigenvalue weighted by atomic mass is 9.57. The van der Waals surface area contributed by atoms with Gasteiger partial charge in [-0.2, -0.15) is 0 Å². The summed E-state index contributed by atoms with van der Waals surface area (Å²) in [6, 6.07) is 0. The summed E-state index contributed by atoms with van der Waals surface area (Å²) in [5.41, 5.74) is 0.0685. The van der Waals surface area contributed by atoms with E-state index in [1.54, 1.807) is 0 Å². The van der Waals surface area contributed by atoms with Crippen molar-refractivity contribution in [3.05, 3.63) is 0 Å². The smallest absolute Gasteiger partial charge is 0.302 e. The van der Waals surface area contributed by atoms with E-state index in [1.807, 2.05) is 0 Å². The summed E-state index contributed by atoms with van der Waals surface area (Å²) in [7, 11) is 0. The summed E-state index contributed by atoms with van der Waals surface area (Å²) in [5, 5.41) is 10.7. The molecule has 0 aromatic rings. The zero-order valence-corrected chi connectivity index (χ0v) is 14.1. The topological polar surface area (TPSA) is 46.5 Å². The first-order chi connectivity index (χ1) is 9.69. The van der Waals surface area contributed by atoms with Gasteiger partial charge in [0.2, 0.25) is 0 Å². The molecule has 0 bridgehead atoms. The highest BCUT2D eigenvalue weighted by Gasteiger charge is 2.76. The summed E-state index contributed by atoms with van der Waals surface area (Å²) in [6.07, 6.45) is 4.83. The second-order valence-electron chi connectivity index (χ2n) is 8.53. The third-order valence-electron chi connectivity index (χ3n) is 7.75. The van der Waals surface area contributed by atoms with Gasteiger partial charge in [0.05, 0.1) is 6.10 Å². The molecule has 3 aliphatic rings. The maximum absolute atomic E-state index is 11.6. The van der Waals surface area contributed by atoms with Gasteiger partial charge in [0.25, 0.3) is 0 Å². The van der Waals surface area contributed by atoms with Crippen LogP contribution in [0.2, 0.25) is 0 Å². The van der Waals surface area contributed by atoms with Crippen LogP contribution in [-0.4, -0.2) is 23.3 Å². The molecule has 21 heavy (non-hydrogen) atoms. The molecule has 120 valence electrons.